The van der Waals surface area contributed by atoms with E-state index >= 15 is 0 Å². The summed E-state index contributed by atoms with van der Waals surface area (Å²) in [6.45, 7) is 0.884. The third-order valence-electron chi connectivity index (χ3n) is 5.74. The largest absolute Gasteiger partial charge is 0.416 e. The maximum absolute atomic E-state index is 13.5. The van der Waals surface area contributed by atoms with Gasteiger partial charge in [-0.15, -0.1) is 0 Å². The summed E-state index contributed by atoms with van der Waals surface area (Å²) >= 11 is 0. The SMILES string of the molecule is CN=CC=C(N)CN1CCC(c2cc(Nc3cc(C(F)(F)F)ccn3)nc(N3CC(F)(F)C3)n2)C1. The summed E-state index contributed by atoms with van der Waals surface area (Å²) in [5, 5.41) is 2.78. The molecule has 2 aliphatic heterocycles. The maximum Gasteiger partial charge on any atom is 0.416 e. The zero-order valence-corrected chi connectivity index (χ0v) is 18.9. The molecule has 0 amide bonds. The van der Waals surface area contributed by atoms with Crippen molar-refractivity contribution in [2.45, 2.75) is 24.4 Å². The molecule has 2 fully saturated rings. The highest BCUT2D eigenvalue weighted by molar-refractivity contribution is 5.71. The highest BCUT2D eigenvalue weighted by Gasteiger charge is 2.45. The van der Waals surface area contributed by atoms with E-state index in [4.69, 9.17) is 5.73 Å². The summed E-state index contributed by atoms with van der Waals surface area (Å²) < 4.78 is 66.2. The lowest BCUT2D eigenvalue weighted by molar-refractivity contribution is -0.137. The number of nitrogens with one attached hydrogen (secondary N) is 1. The predicted molar refractivity (Wildman–Crippen MR) is 122 cm³/mol. The van der Waals surface area contributed by atoms with Crippen LogP contribution in [0.25, 0.3) is 0 Å². The van der Waals surface area contributed by atoms with Crippen molar-refractivity contribution in [1.82, 2.24) is 19.9 Å². The summed E-state index contributed by atoms with van der Waals surface area (Å²) in [5.74, 6) is -2.64. The van der Waals surface area contributed by atoms with Crippen LogP contribution in [0.4, 0.5) is 39.5 Å². The summed E-state index contributed by atoms with van der Waals surface area (Å²) in [5.41, 5.74) is 6.42. The van der Waals surface area contributed by atoms with Crippen LogP contribution in [0.15, 0.2) is 41.2 Å². The Morgan fingerprint density at radius 1 is 1.26 bits per heavy atom. The van der Waals surface area contributed by atoms with E-state index in [-0.39, 0.29) is 23.5 Å². The molecule has 0 saturated carbocycles. The number of hydrogen-bond acceptors (Lipinski definition) is 8. The van der Waals surface area contributed by atoms with Crippen molar-refractivity contribution in [3.05, 3.63) is 47.4 Å². The minimum Gasteiger partial charge on any atom is -0.401 e. The summed E-state index contributed by atoms with van der Waals surface area (Å²) in [4.78, 5) is 20.1. The lowest BCUT2D eigenvalue weighted by Crippen LogP contribution is -2.57. The van der Waals surface area contributed by atoms with Crippen LogP contribution >= 0.6 is 0 Å². The van der Waals surface area contributed by atoms with Crippen LogP contribution < -0.4 is 16.0 Å². The van der Waals surface area contributed by atoms with Gasteiger partial charge in [0.15, 0.2) is 0 Å². The average molecular weight is 496 g/mol. The number of aromatic nitrogens is 3. The Hall–Kier alpha value is -3.35. The second-order valence-electron chi connectivity index (χ2n) is 8.61. The molecule has 0 aromatic carbocycles. The Balaban J connectivity index is 1.56. The number of nitrogens with zero attached hydrogens (tertiary/aromatic N) is 6. The van der Waals surface area contributed by atoms with Gasteiger partial charge in [-0.05, 0) is 31.2 Å². The summed E-state index contributed by atoms with van der Waals surface area (Å²) in [7, 11) is 1.65. The van der Waals surface area contributed by atoms with E-state index in [2.05, 4.69) is 30.2 Å². The number of rotatable bonds is 7. The van der Waals surface area contributed by atoms with Gasteiger partial charge in [0.25, 0.3) is 5.92 Å². The molecule has 2 aromatic heterocycles. The highest BCUT2D eigenvalue weighted by atomic mass is 19.4. The number of anilines is 3. The number of alkyl halides is 5. The molecule has 4 rings (SSSR count). The van der Waals surface area contributed by atoms with Gasteiger partial charge in [0, 0.05) is 50.2 Å². The topological polar surface area (TPSA) is 95.6 Å². The lowest BCUT2D eigenvalue weighted by atomic mass is 10.0. The highest BCUT2D eigenvalue weighted by Crippen LogP contribution is 2.34. The van der Waals surface area contributed by atoms with E-state index in [1.165, 1.54) is 4.90 Å². The first-order valence-electron chi connectivity index (χ1n) is 10.9. The average Bonchev–Trinajstić information content (AvgIpc) is 3.24. The fraction of sp³-hybridized carbons (Fsp3) is 0.455. The number of halogens is 5. The zero-order valence-electron chi connectivity index (χ0n) is 18.9. The number of aliphatic imine (C=N–C) groups is 1. The molecule has 35 heavy (non-hydrogen) atoms. The van der Waals surface area contributed by atoms with Gasteiger partial charge in [0.1, 0.15) is 11.6 Å². The molecule has 1 unspecified atom stereocenters. The number of nitrogens with two attached hydrogens (primary N) is 1. The monoisotopic (exact) mass is 496 g/mol. The smallest absolute Gasteiger partial charge is 0.401 e. The first-order valence-corrected chi connectivity index (χ1v) is 10.9. The number of hydrogen-bond donors (Lipinski definition) is 2. The van der Waals surface area contributed by atoms with Crippen LogP contribution in [0.5, 0.6) is 0 Å². The molecule has 0 aliphatic carbocycles. The Morgan fingerprint density at radius 2 is 2.03 bits per heavy atom. The Kier molecular flexibility index (Phi) is 6.88. The Morgan fingerprint density at radius 3 is 2.71 bits per heavy atom. The molecule has 8 nitrogen and oxygen atoms in total. The molecule has 2 aliphatic rings. The second-order valence-corrected chi connectivity index (χ2v) is 8.61. The molecule has 0 radical (unpaired) electrons. The van der Waals surface area contributed by atoms with Gasteiger partial charge in [-0.1, -0.05) is 0 Å². The van der Waals surface area contributed by atoms with E-state index in [1.54, 1.807) is 25.4 Å². The molecule has 0 bridgehead atoms. The van der Waals surface area contributed by atoms with Crippen molar-refractivity contribution < 1.29 is 22.0 Å². The van der Waals surface area contributed by atoms with Gasteiger partial charge in [-0.2, -0.15) is 18.2 Å². The van der Waals surface area contributed by atoms with Crippen molar-refractivity contribution >= 4 is 23.8 Å². The van der Waals surface area contributed by atoms with Gasteiger partial charge in [0.05, 0.1) is 24.3 Å². The first-order chi connectivity index (χ1) is 16.5. The molecule has 3 N–H and O–H groups in total. The van der Waals surface area contributed by atoms with E-state index in [1.807, 2.05) is 0 Å². The van der Waals surface area contributed by atoms with Crippen LogP contribution in [0.3, 0.4) is 0 Å². The molecular formula is C22H25F5N8. The fourth-order valence-corrected chi connectivity index (χ4v) is 4.03. The maximum atomic E-state index is 13.5. The van der Waals surface area contributed by atoms with Gasteiger partial charge in [0.2, 0.25) is 5.95 Å². The molecule has 1 atom stereocenters. The predicted octanol–water partition coefficient (Wildman–Crippen LogP) is 3.42. The number of likely N-dealkylation sites (tertiary alicyclic amines) is 1. The number of pyridine rings is 1. The fourth-order valence-electron chi connectivity index (χ4n) is 4.03. The van der Waals surface area contributed by atoms with Crippen LogP contribution in [0, 0.1) is 0 Å². The van der Waals surface area contributed by atoms with Crippen LogP contribution in [0.2, 0.25) is 0 Å². The van der Waals surface area contributed by atoms with Crippen molar-refractivity contribution in [2.24, 2.45) is 10.7 Å². The quantitative estimate of drug-likeness (QED) is 0.448. The molecule has 4 heterocycles. The van der Waals surface area contributed by atoms with Gasteiger partial charge >= 0.3 is 6.18 Å². The van der Waals surface area contributed by atoms with Crippen molar-refractivity contribution in [3.8, 4) is 0 Å². The normalized spacial score (nSPS) is 20.9. The van der Waals surface area contributed by atoms with E-state index < -0.39 is 30.8 Å². The van der Waals surface area contributed by atoms with Crippen LogP contribution in [0.1, 0.15) is 23.6 Å². The molecule has 13 heteroatoms. The van der Waals surface area contributed by atoms with Crippen LogP contribution in [-0.2, 0) is 6.18 Å². The third-order valence-corrected chi connectivity index (χ3v) is 5.74. The molecule has 2 saturated heterocycles. The van der Waals surface area contributed by atoms with Crippen molar-refractivity contribution in [1.29, 1.82) is 0 Å². The molecule has 2 aromatic rings. The summed E-state index contributed by atoms with van der Waals surface area (Å²) in [6, 6.07) is 3.36. The first kappa shape index (κ1) is 24.8. The second kappa shape index (κ2) is 9.72. The minimum atomic E-state index is -4.53. The Bertz CT molecular complexity index is 1110. The van der Waals surface area contributed by atoms with Crippen molar-refractivity contribution in [2.75, 3.05) is 50.0 Å². The van der Waals surface area contributed by atoms with Gasteiger partial charge in [-0.25, -0.2) is 18.7 Å². The standard InChI is InChI=1S/C22H25F5N8/c1-29-5-3-16(28)11-34-7-4-14(10-34)17-9-19(33-20(31-17)35-12-21(23,24)13-35)32-18-8-15(2-6-30-18)22(25,26)27/h2-3,5-6,8-9,14H,4,7,10-13,28H2,1H3,(H,30,31,32,33). The third kappa shape index (κ3) is 6.21. The lowest BCUT2D eigenvalue weighted by Gasteiger charge is -2.38. The van der Waals surface area contributed by atoms with E-state index in [0.717, 1.165) is 31.3 Å². The van der Waals surface area contributed by atoms with Crippen LogP contribution in [-0.4, -0.2) is 71.8 Å². The minimum absolute atomic E-state index is 0.0267. The number of allylic oxidation sites excluding steroid dienone is 1. The zero-order chi connectivity index (χ0) is 25.2. The van der Waals surface area contributed by atoms with Crippen molar-refractivity contribution in [3.63, 3.8) is 0 Å². The van der Waals surface area contributed by atoms with E-state index in [0.29, 0.717) is 24.5 Å². The van der Waals surface area contributed by atoms with Gasteiger partial charge < -0.3 is 16.0 Å². The molecule has 188 valence electrons. The molecular weight excluding hydrogens is 471 g/mol. The Labute approximate surface area is 198 Å². The van der Waals surface area contributed by atoms with Gasteiger partial charge in [-0.3, -0.25) is 9.89 Å². The summed E-state index contributed by atoms with van der Waals surface area (Å²) in [6.07, 6.45) is 0.604. The van der Waals surface area contributed by atoms with E-state index in [9.17, 15) is 22.0 Å². The molecule has 0 spiro atoms.